The molecule has 0 bridgehead atoms. The van der Waals surface area contributed by atoms with Crippen molar-refractivity contribution >= 4 is 16.9 Å². The largest absolute Gasteiger partial charge is 0.491 e. The highest BCUT2D eigenvalue weighted by atomic mass is 16.5. The van der Waals surface area contributed by atoms with E-state index in [1.54, 1.807) is 13.2 Å². The summed E-state index contributed by atoms with van der Waals surface area (Å²) in [5, 5.41) is 11.3. The summed E-state index contributed by atoms with van der Waals surface area (Å²) in [6.07, 6.45) is 3.98. The first-order chi connectivity index (χ1) is 17.7. The quantitative estimate of drug-likeness (QED) is 0.452. The Labute approximate surface area is 209 Å². The predicted octanol–water partition coefficient (Wildman–Crippen LogP) is 3.46. The van der Waals surface area contributed by atoms with Crippen LogP contribution in [0.25, 0.3) is 33.4 Å². The number of hydrogen-bond donors (Lipinski definition) is 2. The molecule has 0 aliphatic carbocycles. The number of aromatic nitrogens is 3. The maximum atomic E-state index is 12.3. The third-order valence-corrected chi connectivity index (χ3v) is 7.12. The van der Waals surface area contributed by atoms with Crippen LogP contribution in [0.1, 0.15) is 21.5 Å². The van der Waals surface area contributed by atoms with Gasteiger partial charge in [-0.25, -0.2) is 4.98 Å². The van der Waals surface area contributed by atoms with Gasteiger partial charge in [-0.2, -0.15) is 5.10 Å². The van der Waals surface area contributed by atoms with E-state index in [0.717, 1.165) is 66.9 Å². The number of ether oxygens (including phenoxy) is 2. The van der Waals surface area contributed by atoms with Crippen LogP contribution < -0.4 is 10.1 Å². The van der Waals surface area contributed by atoms with Crippen LogP contribution in [-0.2, 0) is 17.6 Å². The number of pyridine rings is 1. The Hall–Kier alpha value is -3.75. The number of carbonyl (C=O) groups excluding carboxylic acids is 1. The Morgan fingerprint density at radius 2 is 1.89 bits per heavy atom. The summed E-state index contributed by atoms with van der Waals surface area (Å²) >= 11 is 0. The lowest BCUT2D eigenvalue weighted by atomic mass is 9.96. The van der Waals surface area contributed by atoms with Crippen LogP contribution in [0.4, 0.5) is 0 Å². The smallest absolute Gasteiger partial charge is 0.255 e. The minimum Gasteiger partial charge on any atom is -0.491 e. The fraction of sp³-hybridized carbons (Fsp3) is 0.321. The second kappa shape index (κ2) is 9.72. The molecule has 0 saturated heterocycles. The summed E-state index contributed by atoms with van der Waals surface area (Å²) < 4.78 is 11.1. The van der Waals surface area contributed by atoms with Gasteiger partial charge in [0, 0.05) is 49.5 Å². The van der Waals surface area contributed by atoms with Gasteiger partial charge in [0.1, 0.15) is 12.4 Å². The summed E-state index contributed by atoms with van der Waals surface area (Å²) in [5.74, 6) is 0.470. The van der Waals surface area contributed by atoms with Crippen LogP contribution in [0.2, 0.25) is 0 Å². The van der Waals surface area contributed by atoms with Crippen molar-refractivity contribution in [1.29, 1.82) is 0 Å². The highest BCUT2D eigenvalue weighted by molar-refractivity contribution is 5.99. The molecule has 2 aromatic carbocycles. The molecule has 8 heteroatoms. The number of H-pyrrole nitrogens is 1. The molecule has 0 spiro atoms. The fourth-order valence-corrected chi connectivity index (χ4v) is 5.08. The van der Waals surface area contributed by atoms with Crippen molar-refractivity contribution in [2.75, 3.05) is 46.5 Å². The predicted molar refractivity (Wildman–Crippen MR) is 138 cm³/mol. The Morgan fingerprint density at radius 1 is 1.03 bits per heavy atom. The zero-order valence-corrected chi connectivity index (χ0v) is 20.3. The van der Waals surface area contributed by atoms with Crippen molar-refractivity contribution in [3.05, 3.63) is 65.4 Å². The number of benzene rings is 2. The second-order valence-electron chi connectivity index (χ2n) is 9.33. The standard InChI is InChI=1S/C28H29N5O3/c1-35-13-11-33-9-6-18-2-3-19(14-20(18)7-10-33)22-15-24-26(31-32-27(24)30-17-22)21-4-5-23-25(16-21)36-12-8-29-28(23)34/h2-5,14-17H,6-13H2,1H3,(H,29,34)(H,30,31,32). The molecule has 2 N–H and O–H groups in total. The third-order valence-electron chi connectivity index (χ3n) is 7.12. The number of fused-ring (bicyclic) bond motifs is 3. The second-order valence-corrected chi connectivity index (χ2v) is 9.33. The monoisotopic (exact) mass is 483 g/mol. The summed E-state index contributed by atoms with van der Waals surface area (Å²) in [6.45, 7) is 4.79. The van der Waals surface area contributed by atoms with Crippen LogP contribution in [0.3, 0.4) is 0 Å². The molecule has 2 aromatic heterocycles. The highest BCUT2D eigenvalue weighted by Crippen LogP contribution is 2.33. The van der Waals surface area contributed by atoms with E-state index in [1.807, 2.05) is 18.3 Å². The highest BCUT2D eigenvalue weighted by Gasteiger charge is 2.19. The summed E-state index contributed by atoms with van der Waals surface area (Å²) in [5.41, 5.74) is 8.01. The molecule has 4 heterocycles. The van der Waals surface area contributed by atoms with Crippen LogP contribution in [0.15, 0.2) is 48.7 Å². The van der Waals surface area contributed by atoms with E-state index >= 15 is 0 Å². The molecule has 0 saturated carbocycles. The van der Waals surface area contributed by atoms with E-state index in [2.05, 4.69) is 49.7 Å². The summed E-state index contributed by atoms with van der Waals surface area (Å²) in [4.78, 5) is 19.4. The minimum atomic E-state index is -0.113. The van der Waals surface area contributed by atoms with E-state index in [9.17, 15) is 4.79 Å². The lowest BCUT2D eigenvalue weighted by Gasteiger charge is -2.18. The van der Waals surface area contributed by atoms with Crippen molar-refractivity contribution in [3.63, 3.8) is 0 Å². The first-order valence-electron chi connectivity index (χ1n) is 12.4. The van der Waals surface area contributed by atoms with Crippen LogP contribution in [0.5, 0.6) is 5.75 Å². The molecule has 0 unspecified atom stereocenters. The maximum Gasteiger partial charge on any atom is 0.255 e. The SMILES string of the molecule is COCCN1CCc2ccc(-c3cnc4n[nH]c(-c5ccc6c(c5)OCCNC6=O)c4c3)cc2CC1. The molecule has 8 nitrogen and oxygen atoms in total. The van der Waals surface area contributed by atoms with E-state index in [-0.39, 0.29) is 5.91 Å². The number of hydrogen-bond acceptors (Lipinski definition) is 6. The molecule has 4 aromatic rings. The Bertz CT molecular complexity index is 1430. The lowest BCUT2D eigenvalue weighted by Crippen LogP contribution is -2.29. The van der Waals surface area contributed by atoms with Crippen LogP contribution in [0, 0.1) is 0 Å². The molecule has 2 aliphatic heterocycles. The van der Waals surface area contributed by atoms with Gasteiger partial charge in [0.2, 0.25) is 0 Å². The topological polar surface area (TPSA) is 92.4 Å². The average Bonchev–Trinajstić information content (AvgIpc) is 3.10. The number of methoxy groups -OCH3 is 1. The fourth-order valence-electron chi connectivity index (χ4n) is 5.08. The number of nitrogens with one attached hydrogen (secondary N) is 2. The molecule has 1 amide bonds. The van der Waals surface area contributed by atoms with Gasteiger partial charge in [-0.1, -0.05) is 24.3 Å². The number of rotatable bonds is 5. The summed E-state index contributed by atoms with van der Waals surface area (Å²) in [7, 11) is 1.76. The average molecular weight is 484 g/mol. The number of aromatic amines is 1. The molecule has 6 rings (SSSR count). The van der Waals surface area contributed by atoms with Crippen molar-refractivity contribution < 1.29 is 14.3 Å². The first kappa shape index (κ1) is 22.7. The van der Waals surface area contributed by atoms with E-state index < -0.39 is 0 Å². The first-order valence-corrected chi connectivity index (χ1v) is 12.4. The van der Waals surface area contributed by atoms with Crippen LogP contribution in [-0.4, -0.2) is 72.5 Å². The maximum absolute atomic E-state index is 12.3. The number of amides is 1. The third kappa shape index (κ3) is 4.34. The minimum absolute atomic E-state index is 0.113. The van der Waals surface area contributed by atoms with Crippen molar-refractivity contribution in [2.45, 2.75) is 12.8 Å². The molecule has 36 heavy (non-hydrogen) atoms. The van der Waals surface area contributed by atoms with Crippen LogP contribution >= 0.6 is 0 Å². The van der Waals surface area contributed by atoms with E-state index in [0.29, 0.717) is 30.1 Å². The molecule has 0 radical (unpaired) electrons. The molecule has 0 atom stereocenters. The molecule has 0 fully saturated rings. The van der Waals surface area contributed by atoms with Gasteiger partial charge in [0.15, 0.2) is 5.65 Å². The van der Waals surface area contributed by atoms with E-state index in [4.69, 9.17) is 9.47 Å². The summed E-state index contributed by atoms with van der Waals surface area (Å²) in [6, 6.07) is 14.5. The molecular formula is C28H29N5O3. The van der Waals surface area contributed by atoms with Gasteiger partial charge in [0.25, 0.3) is 5.91 Å². The zero-order chi connectivity index (χ0) is 24.5. The van der Waals surface area contributed by atoms with Gasteiger partial charge < -0.3 is 19.7 Å². The van der Waals surface area contributed by atoms with Gasteiger partial charge >= 0.3 is 0 Å². The van der Waals surface area contributed by atoms with Crippen molar-refractivity contribution in [1.82, 2.24) is 25.4 Å². The molecule has 2 aliphatic rings. The Balaban J connectivity index is 1.32. The Kier molecular flexibility index (Phi) is 6.13. The number of carbonyl (C=O) groups is 1. The lowest BCUT2D eigenvalue weighted by molar-refractivity contribution is 0.0957. The molecule has 184 valence electrons. The van der Waals surface area contributed by atoms with Crippen molar-refractivity contribution in [3.8, 4) is 28.1 Å². The van der Waals surface area contributed by atoms with Gasteiger partial charge in [-0.15, -0.1) is 0 Å². The van der Waals surface area contributed by atoms with Gasteiger partial charge in [-0.05, 0) is 47.7 Å². The zero-order valence-electron chi connectivity index (χ0n) is 20.3. The number of nitrogens with zero attached hydrogens (tertiary/aromatic N) is 3. The normalized spacial score (nSPS) is 16.0. The Morgan fingerprint density at radius 3 is 2.78 bits per heavy atom. The molecular weight excluding hydrogens is 454 g/mol. The van der Waals surface area contributed by atoms with Gasteiger partial charge in [-0.3, -0.25) is 9.89 Å². The van der Waals surface area contributed by atoms with Crippen molar-refractivity contribution in [2.24, 2.45) is 0 Å². The van der Waals surface area contributed by atoms with Gasteiger partial charge in [0.05, 0.1) is 24.4 Å². The van der Waals surface area contributed by atoms with E-state index in [1.165, 1.54) is 11.1 Å².